The molecule has 0 spiro atoms. The van der Waals surface area contributed by atoms with Gasteiger partial charge >= 0.3 is 5.91 Å². The number of hydrazone groups is 1. The molecular formula is C16H12Br2N2O3. The zero-order valence-corrected chi connectivity index (χ0v) is 15.5. The minimum absolute atomic E-state index is 0.191. The van der Waals surface area contributed by atoms with Crippen molar-refractivity contribution in [3.8, 4) is 0 Å². The van der Waals surface area contributed by atoms with E-state index in [1.807, 2.05) is 32.0 Å². The third-order valence-electron chi connectivity index (χ3n) is 3.21. The number of carbonyl (C=O) groups is 1. The first-order valence-electron chi connectivity index (χ1n) is 6.73. The molecule has 1 amide bonds. The van der Waals surface area contributed by atoms with Gasteiger partial charge in [-0.05, 0) is 54.0 Å². The van der Waals surface area contributed by atoms with Crippen molar-refractivity contribution in [1.29, 1.82) is 0 Å². The fourth-order valence-electron chi connectivity index (χ4n) is 2.18. The fraction of sp³-hybridized carbons (Fsp3) is 0.125. The van der Waals surface area contributed by atoms with Crippen molar-refractivity contribution in [1.82, 2.24) is 5.43 Å². The van der Waals surface area contributed by atoms with Gasteiger partial charge < -0.3 is 8.83 Å². The average Bonchev–Trinajstić information content (AvgIpc) is 3.02. The molecule has 2 heterocycles. The molecule has 0 saturated carbocycles. The molecule has 0 radical (unpaired) electrons. The molecule has 0 aliphatic carbocycles. The van der Waals surface area contributed by atoms with Crippen molar-refractivity contribution in [3.05, 3.63) is 56.1 Å². The maximum absolute atomic E-state index is 12.1. The second kappa shape index (κ2) is 6.33. The van der Waals surface area contributed by atoms with E-state index in [9.17, 15) is 4.79 Å². The minimum Gasteiger partial charge on any atom is -0.466 e. The average molecular weight is 440 g/mol. The molecular weight excluding hydrogens is 428 g/mol. The summed E-state index contributed by atoms with van der Waals surface area (Å²) in [4.78, 5) is 12.1. The van der Waals surface area contributed by atoms with Crippen LogP contribution in [0.25, 0.3) is 11.0 Å². The molecule has 0 saturated heterocycles. The van der Waals surface area contributed by atoms with Crippen LogP contribution in [0.1, 0.15) is 27.6 Å². The van der Waals surface area contributed by atoms with Gasteiger partial charge in [-0.3, -0.25) is 4.79 Å². The van der Waals surface area contributed by atoms with Crippen molar-refractivity contribution < 1.29 is 13.6 Å². The molecule has 0 aliphatic heterocycles. The molecule has 0 bridgehead atoms. The van der Waals surface area contributed by atoms with E-state index in [1.54, 1.807) is 12.3 Å². The minimum atomic E-state index is -0.418. The highest BCUT2D eigenvalue weighted by Crippen LogP contribution is 2.30. The van der Waals surface area contributed by atoms with Crippen LogP contribution in [0, 0.1) is 13.8 Å². The third kappa shape index (κ3) is 3.40. The second-order valence-electron chi connectivity index (χ2n) is 4.98. The van der Waals surface area contributed by atoms with E-state index in [2.05, 4.69) is 42.4 Å². The topological polar surface area (TPSA) is 67.7 Å². The number of carbonyl (C=O) groups excluding carboxylic acids is 1. The molecule has 23 heavy (non-hydrogen) atoms. The number of halogens is 2. The van der Waals surface area contributed by atoms with Crippen LogP contribution >= 0.6 is 31.9 Å². The van der Waals surface area contributed by atoms with E-state index in [0.717, 1.165) is 31.4 Å². The van der Waals surface area contributed by atoms with Gasteiger partial charge in [-0.25, -0.2) is 5.43 Å². The molecule has 3 aromatic rings. The highest BCUT2D eigenvalue weighted by molar-refractivity contribution is 9.11. The number of furan rings is 2. The lowest BCUT2D eigenvalue weighted by atomic mass is 10.2. The Morgan fingerprint density at radius 2 is 1.96 bits per heavy atom. The van der Waals surface area contributed by atoms with E-state index in [0.29, 0.717) is 5.58 Å². The van der Waals surface area contributed by atoms with Crippen LogP contribution in [0.3, 0.4) is 0 Å². The number of nitrogens with one attached hydrogen (secondary N) is 1. The number of amides is 1. The lowest BCUT2D eigenvalue weighted by molar-refractivity contribution is 0.0929. The molecule has 0 atom stereocenters. The summed E-state index contributed by atoms with van der Waals surface area (Å²) < 4.78 is 12.6. The largest absolute Gasteiger partial charge is 0.466 e. The molecule has 7 heteroatoms. The molecule has 3 rings (SSSR count). The zero-order chi connectivity index (χ0) is 16.6. The summed E-state index contributed by atoms with van der Waals surface area (Å²) in [5.41, 5.74) is 3.88. The Bertz CT molecular complexity index is 925. The Kier molecular flexibility index (Phi) is 4.41. The lowest BCUT2D eigenvalue weighted by Gasteiger charge is -1.95. The Balaban J connectivity index is 1.78. The molecule has 5 nitrogen and oxygen atoms in total. The van der Waals surface area contributed by atoms with E-state index in [-0.39, 0.29) is 5.76 Å². The number of nitrogens with zero attached hydrogens (tertiary/aromatic N) is 1. The van der Waals surface area contributed by atoms with Gasteiger partial charge in [-0.1, -0.05) is 15.9 Å². The first-order valence-corrected chi connectivity index (χ1v) is 8.31. The number of aryl methyl sites for hydroxylation is 2. The predicted octanol–water partition coefficient (Wildman–Crippen LogP) is 4.93. The lowest BCUT2D eigenvalue weighted by Crippen LogP contribution is -2.16. The number of fused-ring (bicyclic) bond motifs is 1. The van der Waals surface area contributed by atoms with Gasteiger partial charge in [0.1, 0.15) is 17.1 Å². The summed E-state index contributed by atoms with van der Waals surface area (Å²) in [7, 11) is 0. The SMILES string of the molecule is Cc1cc(/C=N/NC(=O)c2cc3cc(Br)cc(Br)c3o2)c(C)o1. The molecule has 0 fully saturated rings. The zero-order valence-electron chi connectivity index (χ0n) is 12.3. The van der Waals surface area contributed by atoms with Gasteiger partial charge in [-0.2, -0.15) is 5.10 Å². The van der Waals surface area contributed by atoms with Crippen LogP contribution in [-0.4, -0.2) is 12.1 Å². The molecule has 0 aliphatic rings. The van der Waals surface area contributed by atoms with Gasteiger partial charge in [0.05, 0.1) is 10.7 Å². The third-order valence-corrected chi connectivity index (χ3v) is 4.26. The Morgan fingerprint density at radius 3 is 2.65 bits per heavy atom. The second-order valence-corrected chi connectivity index (χ2v) is 6.75. The van der Waals surface area contributed by atoms with Crippen LogP contribution in [-0.2, 0) is 0 Å². The summed E-state index contributed by atoms with van der Waals surface area (Å²) in [6.45, 7) is 3.69. The molecule has 1 aromatic carbocycles. The van der Waals surface area contributed by atoms with Gasteiger partial charge in [0.2, 0.25) is 0 Å². The number of benzene rings is 1. The first kappa shape index (κ1) is 16.0. The summed E-state index contributed by atoms with van der Waals surface area (Å²) in [6.07, 6.45) is 1.54. The summed E-state index contributed by atoms with van der Waals surface area (Å²) >= 11 is 6.81. The van der Waals surface area contributed by atoms with Crippen LogP contribution in [0.15, 0.2) is 47.1 Å². The summed E-state index contributed by atoms with van der Waals surface area (Å²) in [6, 6.07) is 7.25. The fourth-order valence-corrected chi connectivity index (χ4v) is 3.52. The van der Waals surface area contributed by atoms with Gasteiger partial charge in [0, 0.05) is 15.4 Å². The van der Waals surface area contributed by atoms with Gasteiger partial charge in [0.25, 0.3) is 0 Å². The highest BCUT2D eigenvalue weighted by Gasteiger charge is 2.14. The van der Waals surface area contributed by atoms with Crippen molar-refractivity contribution in [3.63, 3.8) is 0 Å². The van der Waals surface area contributed by atoms with Crippen LogP contribution in [0.5, 0.6) is 0 Å². The van der Waals surface area contributed by atoms with E-state index in [4.69, 9.17) is 8.83 Å². The molecule has 1 N–H and O–H groups in total. The van der Waals surface area contributed by atoms with Crippen molar-refractivity contribution in [2.45, 2.75) is 13.8 Å². The number of hydrogen-bond acceptors (Lipinski definition) is 4. The molecule has 2 aromatic heterocycles. The van der Waals surface area contributed by atoms with E-state index < -0.39 is 5.91 Å². The van der Waals surface area contributed by atoms with Crippen molar-refractivity contribution >= 4 is 55.0 Å². The van der Waals surface area contributed by atoms with Crippen LogP contribution < -0.4 is 5.43 Å². The smallest absolute Gasteiger partial charge is 0.307 e. The highest BCUT2D eigenvalue weighted by atomic mass is 79.9. The van der Waals surface area contributed by atoms with Crippen LogP contribution in [0.2, 0.25) is 0 Å². The maximum Gasteiger partial charge on any atom is 0.307 e. The monoisotopic (exact) mass is 438 g/mol. The Morgan fingerprint density at radius 1 is 1.17 bits per heavy atom. The van der Waals surface area contributed by atoms with E-state index >= 15 is 0 Å². The molecule has 0 unspecified atom stereocenters. The van der Waals surface area contributed by atoms with Crippen LogP contribution in [0.4, 0.5) is 0 Å². The standard InChI is InChI=1S/C16H12Br2N2O3/c1-8-3-11(9(2)22-8)7-19-20-16(21)14-5-10-4-12(17)6-13(18)15(10)23-14/h3-7H,1-2H3,(H,20,21)/b19-7+. The summed E-state index contributed by atoms with van der Waals surface area (Å²) in [5, 5.41) is 4.76. The number of rotatable bonds is 3. The van der Waals surface area contributed by atoms with Gasteiger partial charge in [-0.15, -0.1) is 0 Å². The van der Waals surface area contributed by atoms with Gasteiger partial charge in [0.15, 0.2) is 5.76 Å². The Hall–Kier alpha value is -1.86. The van der Waals surface area contributed by atoms with Crippen molar-refractivity contribution in [2.24, 2.45) is 5.10 Å². The van der Waals surface area contributed by atoms with E-state index in [1.165, 1.54) is 0 Å². The Labute approximate surface area is 149 Å². The first-order chi connectivity index (χ1) is 10.9. The maximum atomic E-state index is 12.1. The predicted molar refractivity (Wildman–Crippen MR) is 94.9 cm³/mol. The van der Waals surface area contributed by atoms with Crippen molar-refractivity contribution in [2.75, 3.05) is 0 Å². The quantitative estimate of drug-likeness (QED) is 0.464. The number of hydrogen-bond donors (Lipinski definition) is 1. The normalized spacial score (nSPS) is 11.5. The summed E-state index contributed by atoms with van der Waals surface area (Å²) in [5.74, 6) is 1.32. The molecule has 118 valence electrons.